The molecule has 2 amide bonds. The van der Waals surface area contributed by atoms with Crippen molar-refractivity contribution >= 4 is 29.1 Å². The van der Waals surface area contributed by atoms with Gasteiger partial charge in [0.05, 0.1) is 11.3 Å². The normalized spacial score (nSPS) is 16.4. The molecule has 1 atom stereocenters. The van der Waals surface area contributed by atoms with Gasteiger partial charge in [-0.2, -0.15) is 18.2 Å². The van der Waals surface area contributed by atoms with Crippen LogP contribution in [0.4, 0.5) is 30.5 Å². The first kappa shape index (κ1) is 18.3. The number of hydrogen-bond donors (Lipinski definition) is 2. The van der Waals surface area contributed by atoms with E-state index in [0.717, 1.165) is 0 Å². The molecule has 142 valence electrons. The fourth-order valence-electron chi connectivity index (χ4n) is 2.51. The zero-order valence-electron chi connectivity index (χ0n) is 13.6. The standard InChI is InChI=1S/C14H11F3N6O4/c1-6-4-7(23(26)27)2-3-8(6)18-11(25)9-5-10(24)19-13-20-12(14(15,16)17)21-22(9)13/h2-4,9H,5H2,1H3,(H,18,25)(H,19,20,21,24). The Morgan fingerprint density at radius 3 is 2.74 bits per heavy atom. The van der Waals surface area contributed by atoms with E-state index < -0.39 is 47.1 Å². The van der Waals surface area contributed by atoms with Gasteiger partial charge in [0.25, 0.3) is 11.5 Å². The fourth-order valence-corrected chi connectivity index (χ4v) is 2.51. The van der Waals surface area contributed by atoms with E-state index in [4.69, 9.17) is 0 Å². The third-order valence-electron chi connectivity index (χ3n) is 3.79. The minimum absolute atomic E-state index is 0.184. The molecule has 0 radical (unpaired) electrons. The number of rotatable bonds is 3. The number of halogens is 3. The molecule has 2 aromatic rings. The van der Waals surface area contributed by atoms with Crippen molar-refractivity contribution in [3.05, 3.63) is 39.7 Å². The van der Waals surface area contributed by atoms with Crippen molar-refractivity contribution < 1.29 is 27.7 Å². The summed E-state index contributed by atoms with van der Waals surface area (Å²) >= 11 is 0. The van der Waals surface area contributed by atoms with Gasteiger partial charge in [-0.3, -0.25) is 25.0 Å². The average Bonchev–Trinajstić information content (AvgIpc) is 2.99. The Kier molecular flexibility index (Phi) is 4.29. The van der Waals surface area contributed by atoms with E-state index in [1.165, 1.54) is 25.1 Å². The average molecular weight is 384 g/mol. The number of aryl methyl sites for hydroxylation is 1. The monoisotopic (exact) mass is 384 g/mol. The van der Waals surface area contributed by atoms with E-state index in [0.29, 0.717) is 10.2 Å². The van der Waals surface area contributed by atoms with Crippen LogP contribution in [-0.4, -0.2) is 31.5 Å². The second-order valence-corrected chi connectivity index (χ2v) is 5.72. The van der Waals surface area contributed by atoms with Gasteiger partial charge in [-0.05, 0) is 18.6 Å². The zero-order valence-corrected chi connectivity index (χ0v) is 13.6. The summed E-state index contributed by atoms with van der Waals surface area (Å²) in [6.07, 6.45) is -5.28. The lowest BCUT2D eigenvalue weighted by atomic mass is 10.1. The molecule has 0 saturated carbocycles. The number of amides is 2. The molecule has 0 saturated heterocycles. The molecule has 2 N–H and O–H groups in total. The summed E-state index contributed by atoms with van der Waals surface area (Å²) in [5, 5.41) is 18.6. The first-order valence-electron chi connectivity index (χ1n) is 7.46. The van der Waals surface area contributed by atoms with Gasteiger partial charge in [-0.25, -0.2) is 4.68 Å². The fraction of sp³-hybridized carbons (Fsp3) is 0.286. The van der Waals surface area contributed by atoms with Gasteiger partial charge in [-0.15, -0.1) is 5.10 Å². The van der Waals surface area contributed by atoms with E-state index in [-0.39, 0.29) is 11.4 Å². The smallest absolute Gasteiger partial charge is 0.324 e. The Morgan fingerprint density at radius 1 is 1.44 bits per heavy atom. The first-order valence-corrected chi connectivity index (χ1v) is 7.46. The minimum Gasteiger partial charge on any atom is -0.324 e. The summed E-state index contributed by atoms with van der Waals surface area (Å²) in [7, 11) is 0. The number of aromatic nitrogens is 3. The number of anilines is 2. The molecule has 1 aliphatic rings. The predicted octanol–water partition coefficient (Wildman–Crippen LogP) is 2.04. The summed E-state index contributed by atoms with van der Waals surface area (Å²) < 4.78 is 39.1. The number of nitrogens with one attached hydrogen (secondary N) is 2. The van der Waals surface area contributed by atoms with Gasteiger partial charge in [0.1, 0.15) is 6.04 Å². The topological polar surface area (TPSA) is 132 Å². The summed E-state index contributed by atoms with van der Waals surface area (Å²) in [5.41, 5.74) is 0.401. The van der Waals surface area contributed by atoms with Gasteiger partial charge in [0.2, 0.25) is 17.8 Å². The van der Waals surface area contributed by atoms with Crippen molar-refractivity contribution in [3.8, 4) is 0 Å². The SMILES string of the molecule is Cc1cc([N+](=O)[O-])ccc1NC(=O)C1CC(=O)Nc2nc(C(F)(F)F)nn21. The third-order valence-corrected chi connectivity index (χ3v) is 3.79. The second-order valence-electron chi connectivity index (χ2n) is 5.72. The Hall–Kier alpha value is -3.51. The number of alkyl halides is 3. The molecule has 27 heavy (non-hydrogen) atoms. The number of benzene rings is 1. The van der Waals surface area contributed by atoms with Crippen molar-refractivity contribution in [2.75, 3.05) is 10.6 Å². The number of fused-ring (bicyclic) bond motifs is 1. The molecule has 1 unspecified atom stereocenters. The summed E-state index contributed by atoms with van der Waals surface area (Å²) in [5.74, 6) is -3.46. The largest absolute Gasteiger partial charge is 0.453 e. The lowest BCUT2D eigenvalue weighted by molar-refractivity contribution is -0.384. The Morgan fingerprint density at radius 2 is 2.15 bits per heavy atom. The van der Waals surface area contributed by atoms with Gasteiger partial charge in [-0.1, -0.05) is 0 Å². The van der Waals surface area contributed by atoms with Gasteiger partial charge < -0.3 is 5.32 Å². The quantitative estimate of drug-likeness (QED) is 0.615. The molecule has 1 aromatic carbocycles. The molecule has 3 rings (SSSR count). The highest BCUT2D eigenvalue weighted by Gasteiger charge is 2.41. The Balaban J connectivity index is 1.89. The van der Waals surface area contributed by atoms with Crippen LogP contribution in [0.25, 0.3) is 0 Å². The van der Waals surface area contributed by atoms with Crippen LogP contribution < -0.4 is 10.6 Å². The highest BCUT2D eigenvalue weighted by molar-refractivity contribution is 6.01. The molecule has 0 fully saturated rings. The van der Waals surface area contributed by atoms with Crippen molar-refractivity contribution in [1.82, 2.24) is 14.8 Å². The van der Waals surface area contributed by atoms with E-state index in [1.807, 2.05) is 0 Å². The first-order chi connectivity index (χ1) is 12.6. The molecule has 10 nitrogen and oxygen atoms in total. The molecular weight excluding hydrogens is 373 g/mol. The van der Waals surface area contributed by atoms with E-state index in [2.05, 4.69) is 20.7 Å². The highest BCUT2D eigenvalue weighted by Crippen LogP contribution is 2.31. The molecule has 1 aliphatic heterocycles. The molecule has 13 heteroatoms. The number of hydrogen-bond acceptors (Lipinski definition) is 6. The van der Waals surface area contributed by atoms with Crippen LogP contribution in [0, 0.1) is 17.0 Å². The number of non-ortho nitro benzene ring substituents is 1. The number of carbonyl (C=O) groups excluding carboxylic acids is 2. The van der Waals surface area contributed by atoms with E-state index in [9.17, 15) is 32.9 Å². The molecule has 0 bridgehead atoms. The predicted molar refractivity (Wildman–Crippen MR) is 83.8 cm³/mol. The lowest BCUT2D eigenvalue weighted by Gasteiger charge is -2.22. The van der Waals surface area contributed by atoms with Crippen molar-refractivity contribution in [1.29, 1.82) is 0 Å². The number of carbonyl (C=O) groups is 2. The van der Waals surface area contributed by atoms with Crippen LogP contribution >= 0.6 is 0 Å². The van der Waals surface area contributed by atoms with Crippen LogP contribution in [0.3, 0.4) is 0 Å². The van der Waals surface area contributed by atoms with Gasteiger partial charge in [0.15, 0.2) is 0 Å². The van der Waals surface area contributed by atoms with Crippen molar-refractivity contribution in [2.24, 2.45) is 0 Å². The molecule has 2 heterocycles. The molecule has 0 spiro atoms. The van der Waals surface area contributed by atoms with Crippen LogP contribution in [0.1, 0.15) is 23.9 Å². The highest BCUT2D eigenvalue weighted by atomic mass is 19.4. The third kappa shape index (κ3) is 3.56. The number of nitro groups is 1. The summed E-state index contributed by atoms with van der Waals surface area (Å²) in [6.45, 7) is 1.51. The van der Waals surface area contributed by atoms with E-state index >= 15 is 0 Å². The molecule has 0 aliphatic carbocycles. The van der Waals surface area contributed by atoms with Crippen LogP contribution in [0.5, 0.6) is 0 Å². The van der Waals surface area contributed by atoms with Crippen LogP contribution in [0.2, 0.25) is 0 Å². The van der Waals surface area contributed by atoms with Crippen LogP contribution in [0.15, 0.2) is 18.2 Å². The Bertz CT molecular complexity index is 955. The van der Waals surface area contributed by atoms with Gasteiger partial charge in [0, 0.05) is 17.8 Å². The molecule has 1 aromatic heterocycles. The second kappa shape index (κ2) is 6.34. The molecular formula is C14H11F3N6O4. The van der Waals surface area contributed by atoms with Crippen molar-refractivity contribution in [3.63, 3.8) is 0 Å². The van der Waals surface area contributed by atoms with Crippen LogP contribution in [-0.2, 0) is 15.8 Å². The summed E-state index contributed by atoms with van der Waals surface area (Å²) in [4.78, 5) is 37.6. The number of nitrogens with zero attached hydrogens (tertiary/aromatic N) is 4. The van der Waals surface area contributed by atoms with Crippen molar-refractivity contribution in [2.45, 2.75) is 25.6 Å². The maximum absolute atomic E-state index is 12.8. The Labute approximate surface area is 148 Å². The van der Waals surface area contributed by atoms with Gasteiger partial charge >= 0.3 is 6.18 Å². The zero-order chi connectivity index (χ0) is 19.9. The minimum atomic E-state index is -4.84. The van der Waals surface area contributed by atoms with E-state index in [1.54, 1.807) is 0 Å². The lowest BCUT2D eigenvalue weighted by Crippen LogP contribution is -2.36. The maximum Gasteiger partial charge on any atom is 0.453 e. The summed E-state index contributed by atoms with van der Waals surface area (Å²) in [6, 6.07) is 2.33. The maximum atomic E-state index is 12.8. The number of nitro benzene ring substituents is 1.